The molecule has 0 N–H and O–H groups in total. The Bertz CT molecular complexity index is 354. The third kappa shape index (κ3) is 4.23. The van der Waals surface area contributed by atoms with Crippen molar-refractivity contribution in [1.82, 2.24) is 0 Å². The third-order valence-electron chi connectivity index (χ3n) is 5.48. The van der Waals surface area contributed by atoms with Crippen LogP contribution in [-0.2, 0) is 19.0 Å². The Morgan fingerprint density at radius 1 is 1.14 bits per heavy atom. The Morgan fingerprint density at radius 3 is 2.32 bits per heavy atom. The molecule has 1 aliphatic carbocycles. The van der Waals surface area contributed by atoms with E-state index < -0.39 is 5.79 Å². The molecular formula is C18H32O4. The summed E-state index contributed by atoms with van der Waals surface area (Å²) in [4.78, 5) is 12.2. The van der Waals surface area contributed by atoms with Crippen LogP contribution in [-0.4, -0.2) is 31.1 Å². The fourth-order valence-corrected chi connectivity index (χ4v) is 3.29. The number of hydrogen-bond acceptors (Lipinski definition) is 4. The Kier molecular flexibility index (Phi) is 6.27. The van der Waals surface area contributed by atoms with Crippen LogP contribution in [0.3, 0.4) is 0 Å². The number of carbonyl (C=O) groups excluding carboxylic acids is 1. The van der Waals surface area contributed by atoms with E-state index in [0.29, 0.717) is 13.2 Å². The second-order valence-electron chi connectivity index (χ2n) is 7.10. The van der Waals surface area contributed by atoms with Gasteiger partial charge in [0.1, 0.15) is 12.7 Å². The van der Waals surface area contributed by atoms with E-state index >= 15 is 0 Å². The average molecular weight is 312 g/mol. The molecule has 1 saturated heterocycles. The summed E-state index contributed by atoms with van der Waals surface area (Å²) in [6.45, 7) is 6.89. The molecule has 4 nitrogen and oxygen atoms in total. The van der Waals surface area contributed by atoms with Crippen molar-refractivity contribution in [2.45, 2.75) is 90.4 Å². The van der Waals surface area contributed by atoms with E-state index in [1.54, 1.807) is 0 Å². The first-order valence-electron chi connectivity index (χ1n) is 9.02. The molecule has 1 spiro atoms. The normalized spacial score (nSPS) is 25.7. The fraction of sp³-hybridized carbons (Fsp3) is 0.944. The summed E-state index contributed by atoms with van der Waals surface area (Å²) in [6, 6.07) is 0. The molecule has 0 bridgehead atoms. The summed E-state index contributed by atoms with van der Waals surface area (Å²) < 4.78 is 17.7. The summed E-state index contributed by atoms with van der Waals surface area (Å²) in [6.07, 6.45) is 9.61. The second kappa shape index (κ2) is 7.78. The first-order valence-corrected chi connectivity index (χ1v) is 9.02. The van der Waals surface area contributed by atoms with E-state index in [0.717, 1.165) is 38.5 Å². The standard InChI is InChI=1S/C18H32O4/c1-4-17(3,5-2)16(19)20-13-15-14-21-18(22-15)11-9-7-6-8-10-12-18/h15H,4-14H2,1-3H3. The highest BCUT2D eigenvalue weighted by Crippen LogP contribution is 2.36. The van der Waals surface area contributed by atoms with Gasteiger partial charge in [0.25, 0.3) is 0 Å². The maximum atomic E-state index is 12.2. The van der Waals surface area contributed by atoms with Gasteiger partial charge in [-0.2, -0.15) is 0 Å². The first kappa shape index (κ1) is 17.7. The zero-order valence-corrected chi connectivity index (χ0v) is 14.5. The molecule has 2 aliphatic rings. The van der Waals surface area contributed by atoms with Crippen LogP contribution < -0.4 is 0 Å². The van der Waals surface area contributed by atoms with Gasteiger partial charge in [0.05, 0.1) is 12.0 Å². The lowest BCUT2D eigenvalue weighted by Crippen LogP contribution is -2.34. The van der Waals surface area contributed by atoms with E-state index in [1.165, 1.54) is 19.3 Å². The number of rotatable bonds is 5. The van der Waals surface area contributed by atoms with Gasteiger partial charge < -0.3 is 14.2 Å². The molecule has 0 aromatic rings. The Balaban J connectivity index is 1.82. The molecule has 1 heterocycles. The third-order valence-corrected chi connectivity index (χ3v) is 5.48. The quantitative estimate of drug-likeness (QED) is 0.713. The maximum Gasteiger partial charge on any atom is 0.311 e. The van der Waals surface area contributed by atoms with Crippen molar-refractivity contribution in [3.63, 3.8) is 0 Å². The Hall–Kier alpha value is -0.610. The van der Waals surface area contributed by atoms with E-state index in [1.807, 2.05) is 20.8 Å². The van der Waals surface area contributed by atoms with Crippen LogP contribution in [0.2, 0.25) is 0 Å². The smallest absolute Gasteiger partial charge is 0.311 e. The van der Waals surface area contributed by atoms with Gasteiger partial charge in [0, 0.05) is 12.8 Å². The molecule has 0 amide bonds. The monoisotopic (exact) mass is 312 g/mol. The van der Waals surface area contributed by atoms with E-state index in [9.17, 15) is 4.79 Å². The highest BCUT2D eigenvalue weighted by Gasteiger charge is 2.42. The van der Waals surface area contributed by atoms with Crippen LogP contribution >= 0.6 is 0 Å². The van der Waals surface area contributed by atoms with Gasteiger partial charge >= 0.3 is 5.97 Å². The Morgan fingerprint density at radius 2 is 1.73 bits per heavy atom. The van der Waals surface area contributed by atoms with E-state index in [-0.39, 0.29) is 17.5 Å². The second-order valence-corrected chi connectivity index (χ2v) is 7.10. The van der Waals surface area contributed by atoms with Crippen molar-refractivity contribution in [3.8, 4) is 0 Å². The van der Waals surface area contributed by atoms with Crippen LogP contribution in [0.15, 0.2) is 0 Å². The SMILES string of the molecule is CCC(C)(CC)C(=O)OCC1COC2(CCCCCCC2)O1. The minimum Gasteiger partial charge on any atom is -0.462 e. The molecule has 128 valence electrons. The molecule has 1 saturated carbocycles. The van der Waals surface area contributed by atoms with Crippen LogP contribution in [0.1, 0.15) is 78.6 Å². The minimum atomic E-state index is -0.406. The van der Waals surface area contributed by atoms with Gasteiger partial charge in [0.15, 0.2) is 5.79 Å². The number of ether oxygens (including phenoxy) is 3. The lowest BCUT2D eigenvalue weighted by Gasteiger charge is -2.30. The summed E-state index contributed by atoms with van der Waals surface area (Å²) in [5, 5.41) is 0. The minimum absolute atomic E-state index is 0.110. The number of carbonyl (C=O) groups is 1. The zero-order valence-electron chi connectivity index (χ0n) is 14.5. The van der Waals surface area contributed by atoms with Gasteiger partial charge in [-0.15, -0.1) is 0 Å². The van der Waals surface area contributed by atoms with Gasteiger partial charge in [-0.25, -0.2) is 0 Å². The van der Waals surface area contributed by atoms with E-state index in [2.05, 4.69) is 0 Å². The van der Waals surface area contributed by atoms with Crippen LogP contribution in [0.4, 0.5) is 0 Å². The molecular weight excluding hydrogens is 280 g/mol. The fourth-order valence-electron chi connectivity index (χ4n) is 3.29. The van der Waals surface area contributed by atoms with Crippen LogP contribution in [0, 0.1) is 5.41 Å². The molecule has 2 rings (SSSR count). The van der Waals surface area contributed by atoms with Gasteiger partial charge in [-0.3, -0.25) is 4.79 Å². The molecule has 0 aromatic carbocycles. The van der Waals surface area contributed by atoms with Crippen molar-refractivity contribution >= 4 is 5.97 Å². The Labute approximate surface area is 134 Å². The molecule has 1 unspecified atom stereocenters. The highest BCUT2D eigenvalue weighted by atomic mass is 16.8. The molecule has 1 atom stereocenters. The predicted octanol–water partition coefficient (Wildman–Crippen LogP) is 4.21. The topological polar surface area (TPSA) is 44.8 Å². The summed E-state index contributed by atoms with van der Waals surface area (Å²) in [5.41, 5.74) is -0.378. The van der Waals surface area contributed by atoms with Gasteiger partial charge in [-0.1, -0.05) is 33.1 Å². The summed E-state index contributed by atoms with van der Waals surface area (Å²) in [7, 11) is 0. The van der Waals surface area contributed by atoms with Crippen molar-refractivity contribution in [1.29, 1.82) is 0 Å². The lowest BCUT2D eigenvalue weighted by atomic mass is 9.85. The largest absolute Gasteiger partial charge is 0.462 e. The number of hydrogen-bond donors (Lipinski definition) is 0. The van der Waals surface area contributed by atoms with Crippen molar-refractivity contribution in [2.75, 3.05) is 13.2 Å². The van der Waals surface area contributed by atoms with Crippen molar-refractivity contribution in [3.05, 3.63) is 0 Å². The predicted molar refractivity (Wildman–Crippen MR) is 85.5 cm³/mol. The molecule has 2 fully saturated rings. The lowest BCUT2D eigenvalue weighted by molar-refractivity contribution is -0.189. The van der Waals surface area contributed by atoms with Gasteiger partial charge in [-0.05, 0) is 32.6 Å². The van der Waals surface area contributed by atoms with Crippen molar-refractivity contribution in [2.24, 2.45) is 5.41 Å². The zero-order chi connectivity index (χ0) is 16.1. The maximum absolute atomic E-state index is 12.2. The molecule has 0 radical (unpaired) electrons. The van der Waals surface area contributed by atoms with Gasteiger partial charge in [0.2, 0.25) is 0 Å². The molecule has 22 heavy (non-hydrogen) atoms. The molecule has 4 heteroatoms. The molecule has 0 aromatic heterocycles. The number of esters is 1. The molecule has 1 aliphatic heterocycles. The van der Waals surface area contributed by atoms with Crippen LogP contribution in [0.25, 0.3) is 0 Å². The van der Waals surface area contributed by atoms with Crippen LogP contribution in [0.5, 0.6) is 0 Å². The average Bonchev–Trinajstić information content (AvgIpc) is 2.92. The first-order chi connectivity index (χ1) is 10.5. The highest BCUT2D eigenvalue weighted by molar-refractivity contribution is 5.76. The summed E-state index contributed by atoms with van der Waals surface area (Å²) in [5.74, 6) is -0.518. The summed E-state index contributed by atoms with van der Waals surface area (Å²) >= 11 is 0. The van der Waals surface area contributed by atoms with Crippen molar-refractivity contribution < 1.29 is 19.0 Å². The van der Waals surface area contributed by atoms with E-state index in [4.69, 9.17) is 14.2 Å².